The molecule has 1 fully saturated rings. The van der Waals surface area contributed by atoms with E-state index in [1.54, 1.807) is 30.3 Å². The van der Waals surface area contributed by atoms with E-state index >= 15 is 0 Å². The molecule has 0 spiro atoms. The molecule has 3 rings (SSSR count). The van der Waals surface area contributed by atoms with Crippen LogP contribution in [0.3, 0.4) is 0 Å². The van der Waals surface area contributed by atoms with Crippen LogP contribution >= 0.6 is 0 Å². The highest BCUT2D eigenvalue weighted by Crippen LogP contribution is 2.33. The molecule has 33 heavy (non-hydrogen) atoms. The summed E-state index contributed by atoms with van der Waals surface area (Å²) >= 11 is 0. The van der Waals surface area contributed by atoms with Crippen molar-refractivity contribution in [3.05, 3.63) is 66.7 Å². The molecule has 0 heterocycles. The molecule has 0 bridgehead atoms. The molecule has 2 aromatic rings. The van der Waals surface area contributed by atoms with Crippen molar-refractivity contribution in [3.8, 4) is 17.2 Å². The SMILES string of the molecule is C=CC(=O)OCCc1ccc(OC(=O)C2CCC(C(=O)Oc3ccccc3OC)CC2)cc1. The fourth-order valence-corrected chi connectivity index (χ4v) is 3.71. The van der Waals surface area contributed by atoms with Gasteiger partial charge in [0.1, 0.15) is 5.75 Å². The van der Waals surface area contributed by atoms with Crippen molar-refractivity contribution in [2.45, 2.75) is 32.1 Å². The highest BCUT2D eigenvalue weighted by molar-refractivity contribution is 5.81. The maximum atomic E-state index is 12.6. The van der Waals surface area contributed by atoms with Crippen LogP contribution in [-0.2, 0) is 25.5 Å². The first-order chi connectivity index (χ1) is 16.0. The van der Waals surface area contributed by atoms with Crippen molar-refractivity contribution < 1.29 is 33.3 Å². The van der Waals surface area contributed by atoms with Gasteiger partial charge in [-0.3, -0.25) is 9.59 Å². The molecule has 7 heteroatoms. The summed E-state index contributed by atoms with van der Waals surface area (Å²) in [6, 6.07) is 14.1. The number of esters is 3. The van der Waals surface area contributed by atoms with Crippen LogP contribution in [0.2, 0.25) is 0 Å². The van der Waals surface area contributed by atoms with Gasteiger partial charge in [-0.25, -0.2) is 4.79 Å². The summed E-state index contributed by atoms with van der Waals surface area (Å²) in [5, 5.41) is 0. The first-order valence-corrected chi connectivity index (χ1v) is 10.9. The van der Waals surface area contributed by atoms with Crippen molar-refractivity contribution in [2.24, 2.45) is 11.8 Å². The minimum Gasteiger partial charge on any atom is -0.493 e. The monoisotopic (exact) mass is 452 g/mol. The summed E-state index contributed by atoms with van der Waals surface area (Å²) in [4.78, 5) is 36.2. The van der Waals surface area contributed by atoms with Gasteiger partial charge in [0.25, 0.3) is 0 Å². The molecule has 0 atom stereocenters. The maximum Gasteiger partial charge on any atom is 0.330 e. The van der Waals surface area contributed by atoms with Gasteiger partial charge in [0.2, 0.25) is 0 Å². The molecule has 0 radical (unpaired) electrons. The fraction of sp³-hybridized carbons (Fsp3) is 0.346. The van der Waals surface area contributed by atoms with E-state index in [1.165, 1.54) is 7.11 Å². The first-order valence-electron chi connectivity index (χ1n) is 10.9. The van der Waals surface area contributed by atoms with Crippen molar-refractivity contribution in [3.63, 3.8) is 0 Å². The Bertz CT molecular complexity index is 972. The van der Waals surface area contributed by atoms with Crippen LogP contribution in [0.5, 0.6) is 17.2 Å². The summed E-state index contributed by atoms with van der Waals surface area (Å²) in [5.41, 5.74) is 0.959. The largest absolute Gasteiger partial charge is 0.493 e. The molecule has 0 aliphatic heterocycles. The van der Waals surface area contributed by atoms with Gasteiger partial charge < -0.3 is 18.9 Å². The van der Waals surface area contributed by atoms with E-state index in [9.17, 15) is 14.4 Å². The number of rotatable bonds is 9. The molecule has 0 unspecified atom stereocenters. The minimum absolute atomic E-state index is 0.252. The number of para-hydroxylation sites is 2. The van der Waals surface area contributed by atoms with Crippen molar-refractivity contribution >= 4 is 17.9 Å². The van der Waals surface area contributed by atoms with Gasteiger partial charge in [0.15, 0.2) is 11.5 Å². The Kier molecular flexibility index (Phi) is 8.63. The Morgan fingerprint density at radius 1 is 0.879 bits per heavy atom. The second-order valence-electron chi connectivity index (χ2n) is 7.81. The van der Waals surface area contributed by atoms with Gasteiger partial charge in [0.05, 0.1) is 25.6 Å². The number of benzene rings is 2. The summed E-state index contributed by atoms with van der Waals surface area (Å²) in [6.45, 7) is 3.61. The first kappa shape index (κ1) is 24.0. The third-order valence-electron chi connectivity index (χ3n) is 5.62. The number of hydrogen-bond donors (Lipinski definition) is 0. The Hall–Kier alpha value is -3.61. The predicted molar refractivity (Wildman–Crippen MR) is 121 cm³/mol. The molecule has 0 aromatic heterocycles. The van der Waals surface area contributed by atoms with Crippen LogP contribution in [0.25, 0.3) is 0 Å². The predicted octanol–water partition coefficient (Wildman–Crippen LogP) is 4.28. The van der Waals surface area contributed by atoms with E-state index in [0.29, 0.717) is 49.4 Å². The van der Waals surface area contributed by atoms with Gasteiger partial charge >= 0.3 is 17.9 Å². The van der Waals surface area contributed by atoms with E-state index in [2.05, 4.69) is 6.58 Å². The Morgan fingerprint density at radius 3 is 2.03 bits per heavy atom. The van der Waals surface area contributed by atoms with E-state index in [0.717, 1.165) is 11.6 Å². The average molecular weight is 453 g/mol. The zero-order valence-corrected chi connectivity index (χ0v) is 18.7. The zero-order valence-electron chi connectivity index (χ0n) is 18.7. The standard InChI is InChI=1S/C26H28O7/c1-3-24(27)31-17-16-18-8-14-21(15-9-18)32-25(28)19-10-12-20(13-11-19)26(29)33-23-7-5-4-6-22(23)30-2/h3-9,14-15,19-20H,1,10-13,16-17H2,2H3. The van der Waals surface area contributed by atoms with Gasteiger partial charge in [0, 0.05) is 12.5 Å². The van der Waals surface area contributed by atoms with E-state index in [4.69, 9.17) is 18.9 Å². The fourth-order valence-electron chi connectivity index (χ4n) is 3.71. The summed E-state index contributed by atoms with van der Waals surface area (Å²) in [5.74, 6) is -0.194. The van der Waals surface area contributed by atoms with Crippen LogP contribution in [0.4, 0.5) is 0 Å². The van der Waals surface area contributed by atoms with Gasteiger partial charge in [-0.15, -0.1) is 0 Å². The second kappa shape index (κ2) is 11.9. The molecule has 7 nitrogen and oxygen atoms in total. The lowest BCUT2D eigenvalue weighted by atomic mass is 9.82. The molecule has 0 N–H and O–H groups in total. The third kappa shape index (κ3) is 6.94. The summed E-state index contributed by atoms with van der Waals surface area (Å²) in [7, 11) is 1.53. The minimum atomic E-state index is -0.455. The average Bonchev–Trinajstić information content (AvgIpc) is 2.85. The molecular weight excluding hydrogens is 424 g/mol. The normalized spacial score (nSPS) is 17.5. The van der Waals surface area contributed by atoms with E-state index < -0.39 is 5.97 Å². The number of methoxy groups -OCH3 is 1. The van der Waals surface area contributed by atoms with Crippen LogP contribution in [0.1, 0.15) is 31.2 Å². The smallest absolute Gasteiger partial charge is 0.330 e. The number of hydrogen-bond acceptors (Lipinski definition) is 7. The molecule has 0 amide bonds. The molecule has 1 saturated carbocycles. The van der Waals surface area contributed by atoms with Crippen molar-refractivity contribution in [1.29, 1.82) is 0 Å². The van der Waals surface area contributed by atoms with Crippen LogP contribution in [0, 0.1) is 11.8 Å². The van der Waals surface area contributed by atoms with Crippen LogP contribution in [-0.4, -0.2) is 31.6 Å². The van der Waals surface area contributed by atoms with E-state index in [1.807, 2.05) is 18.2 Å². The van der Waals surface area contributed by atoms with Gasteiger partial charge in [-0.05, 0) is 55.5 Å². The topological polar surface area (TPSA) is 88.1 Å². The Morgan fingerprint density at radius 2 is 1.45 bits per heavy atom. The van der Waals surface area contributed by atoms with E-state index in [-0.39, 0.29) is 30.4 Å². The van der Waals surface area contributed by atoms with Crippen molar-refractivity contribution in [1.82, 2.24) is 0 Å². The highest BCUT2D eigenvalue weighted by Gasteiger charge is 2.32. The van der Waals surface area contributed by atoms with Gasteiger partial charge in [-0.2, -0.15) is 0 Å². The Balaban J connectivity index is 1.44. The number of carbonyl (C=O) groups excluding carboxylic acids is 3. The molecule has 1 aliphatic rings. The number of carbonyl (C=O) groups is 3. The van der Waals surface area contributed by atoms with Crippen LogP contribution < -0.4 is 14.2 Å². The van der Waals surface area contributed by atoms with Crippen LogP contribution in [0.15, 0.2) is 61.2 Å². The van der Waals surface area contributed by atoms with Crippen molar-refractivity contribution in [2.75, 3.05) is 13.7 Å². The molecule has 1 aliphatic carbocycles. The number of ether oxygens (including phenoxy) is 4. The lowest BCUT2D eigenvalue weighted by molar-refractivity contribution is -0.145. The lowest BCUT2D eigenvalue weighted by Crippen LogP contribution is -2.30. The quantitative estimate of drug-likeness (QED) is 0.319. The molecule has 174 valence electrons. The van der Waals surface area contributed by atoms with Gasteiger partial charge in [-0.1, -0.05) is 30.8 Å². The third-order valence-corrected chi connectivity index (χ3v) is 5.62. The second-order valence-corrected chi connectivity index (χ2v) is 7.81. The highest BCUT2D eigenvalue weighted by atomic mass is 16.6. The molecule has 0 saturated heterocycles. The lowest BCUT2D eigenvalue weighted by Gasteiger charge is -2.26. The summed E-state index contributed by atoms with van der Waals surface area (Å²) < 4.78 is 21.2. The maximum absolute atomic E-state index is 12.6. The zero-order chi connectivity index (χ0) is 23.6. The molecular formula is C26H28O7. The molecule has 2 aromatic carbocycles. The Labute approximate surface area is 193 Å². The summed E-state index contributed by atoms with van der Waals surface area (Å²) in [6.07, 6.45) is 3.95.